The Kier molecular flexibility index (Phi) is 4.97. The zero-order valence-electron chi connectivity index (χ0n) is 15.0. The highest BCUT2D eigenvalue weighted by molar-refractivity contribution is 9.10. The summed E-state index contributed by atoms with van der Waals surface area (Å²) in [5, 5.41) is 0.445. The minimum Gasteiger partial charge on any atom is -0.451 e. The second kappa shape index (κ2) is 7.32. The van der Waals surface area contributed by atoms with E-state index in [-0.39, 0.29) is 48.7 Å². The Morgan fingerprint density at radius 3 is 2.34 bits per heavy atom. The van der Waals surface area contributed by atoms with Crippen LogP contribution in [0.3, 0.4) is 0 Å². The molecule has 0 bridgehead atoms. The minimum atomic E-state index is -3.92. The molecule has 2 aromatic heterocycles. The number of piperazine rings is 1. The lowest BCUT2D eigenvalue weighted by atomic mass is 10.2. The standard InChI is InChI=1S/C18H16BrN3O6S/c19-12-1-2-13-11(9-12)10-15(27-13)18(24)21-5-7-22(8-6-21)29(25,26)16-4-3-14(28-16)17(20)23/h1-4,9-10H,5-8H2,(H2,20,23). The molecule has 3 aromatic rings. The van der Waals surface area contributed by atoms with Crippen molar-refractivity contribution in [3.8, 4) is 0 Å². The van der Waals surface area contributed by atoms with Crippen molar-refractivity contribution in [2.75, 3.05) is 26.2 Å². The van der Waals surface area contributed by atoms with Crippen molar-refractivity contribution >= 4 is 48.7 Å². The van der Waals surface area contributed by atoms with Gasteiger partial charge in [0.25, 0.3) is 21.8 Å². The number of sulfonamides is 1. The Hall–Kier alpha value is -2.63. The number of nitrogens with zero attached hydrogens (tertiary/aromatic N) is 2. The molecule has 2 amide bonds. The molecular weight excluding hydrogens is 466 g/mol. The van der Waals surface area contributed by atoms with E-state index in [0.29, 0.717) is 5.58 Å². The molecule has 1 fully saturated rings. The number of primary amides is 1. The first kappa shape index (κ1) is 19.7. The van der Waals surface area contributed by atoms with Crippen LogP contribution in [0.4, 0.5) is 0 Å². The lowest BCUT2D eigenvalue weighted by Gasteiger charge is -2.32. The number of halogens is 1. The summed E-state index contributed by atoms with van der Waals surface area (Å²) >= 11 is 3.38. The van der Waals surface area contributed by atoms with Gasteiger partial charge in [-0.2, -0.15) is 4.31 Å². The number of carbonyl (C=O) groups is 2. The first-order valence-electron chi connectivity index (χ1n) is 8.64. The Morgan fingerprint density at radius 2 is 1.69 bits per heavy atom. The van der Waals surface area contributed by atoms with Crippen LogP contribution in [-0.4, -0.2) is 55.6 Å². The molecule has 1 aromatic carbocycles. The molecule has 152 valence electrons. The van der Waals surface area contributed by atoms with E-state index in [4.69, 9.17) is 14.6 Å². The van der Waals surface area contributed by atoms with Crippen molar-refractivity contribution in [2.45, 2.75) is 5.09 Å². The van der Waals surface area contributed by atoms with Crippen molar-refractivity contribution in [1.29, 1.82) is 0 Å². The quantitative estimate of drug-likeness (QED) is 0.607. The van der Waals surface area contributed by atoms with E-state index in [1.807, 2.05) is 12.1 Å². The third-order valence-electron chi connectivity index (χ3n) is 4.63. The fraction of sp³-hybridized carbons (Fsp3) is 0.222. The van der Waals surface area contributed by atoms with Gasteiger partial charge in [0.05, 0.1) is 0 Å². The maximum atomic E-state index is 12.7. The molecule has 0 aliphatic carbocycles. The van der Waals surface area contributed by atoms with Gasteiger partial charge in [0, 0.05) is 36.0 Å². The van der Waals surface area contributed by atoms with E-state index < -0.39 is 15.9 Å². The largest absolute Gasteiger partial charge is 0.451 e. The molecule has 0 radical (unpaired) electrons. The summed E-state index contributed by atoms with van der Waals surface area (Å²) in [6.07, 6.45) is 0. The maximum Gasteiger partial charge on any atom is 0.289 e. The van der Waals surface area contributed by atoms with Gasteiger partial charge < -0.3 is 19.5 Å². The Bertz CT molecular complexity index is 1210. The highest BCUT2D eigenvalue weighted by Crippen LogP contribution is 2.25. The minimum absolute atomic E-state index is 0.0897. The van der Waals surface area contributed by atoms with Crippen LogP contribution in [0.5, 0.6) is 0 Å². The molecule has 1 saturated heterocycles. The van der Waals surface area contributed by atoms with Gasteiger partial charge in [0.2, 0.25) is 5.09 Å². The Morgan fingerprint density at radius 1 is 0.966 bits per heavy atom. The van der Waals surface area contributed by atoms with E-state index in [9.17, 15) is 18.0 Å². The molecule has 1 aliphatic heterocycles. The molecular formula is C18H16BrN3O6S. The molecule has 2 N–H and O–H groups in total. The summed E-state index contributed by atoms with van der Waals surface area (Å²) in [4.78, 5) is 25.4. The fourth-order valence-electron chi connectivity index (χ4n) is 3.13. The molecule has 29 heavy (non-hydrogen) atoms. The van der Waals surface area contributed by atoms with Crippen LogP contribution in [0, 0.1) is 0 Å². The van der Waals surface area contributed by atoms with Crippen LogP contribution in [0.1, 0.15) is 21.1 Å². The number of amides is 2. The van der Waals surface area contributed by atoms with Gasteiger partial charge in [0.15, 0.2) is 11.5 Å². The van der Waals surface area contributed by atoms with Gasteiger partial charge in [-0.3, -0.25) is 9.59 Å². The van der Waals surface area contributed by atoms with Crippen molar-refractivity contribution in [1.82, 2.24) is 9.21 Å². The van der Waals surface area contributed by atoms with E-state index in [2.05, 4.69) is 15.9 Å². The van der Waals surface area contributed by atoms with Gasteiger partial charge in [0.1, 0.15) is 5.58 Å². The molecule has 4 rings (SSSR count). The second-order valence-corrected chi connectivity index (χ2v) is 9.26. The van der Waals surface area contributed by atoms with Crippen molar-refractivity contribution in [3.05, 3.63) is 52.4 Å². The Balaban J connectivity index is 1.46. The second-order valence-electron chi connectivity index (χ2n) is 6.47. The van der Waals surface area contributed by atoms with Gasteiger partial charge in [-0.05, 0) is 36.4 Å². The zero-order chi connectivity index (χ0) is 20.8. The van der Waals surface area contributed by atoms with E-state index in [0.717, 1.165) is 9.86 Å². The number of carbonyl (C=O) groups excluding carboxylic acids is 2. The number of hydrogen-bond acceptors (Lipinski definition) is 6. The van der Waals surface area contributed by atoms with E-state index >= 15 is 0 Å². The summed E-state index contributed by atoms with van der Waals surface area (Å²) < 4.78 is 38.1. The molecule has 1 aliphatic rings. The summed E-state index contributed by atoms with van der Waals surface area (Å²) in [6, 6.07) is 9.52. The first-order valence-corrected chi connectivity index (χ1v) is 10.9. The Labute approximate surface area is 174 Å². The number of fused-ring (bicyclic) bond motifs is 1. The molecule has 9 nitrogen and oxygen atoms in total. The van der Waals surface area contributed by atoms with E-state index in [1.54, 1.807) is 12.1 Å². The number of rotatable bonds is 4. The third kappa shape index (κ3) is 3.68. The highest BCUT2D eigenvalue weighted by Gasteiger charge is 2.33. The molecule has 3 heterocycles. The van der Waals surface area contributed by atoms with Crippen LogP contribution >= 0.6 is 15.9 Å². The number of hydrogen-bond donors (Lipinski definition) is 1. The molecule has 0 unspecified atom stereocenters. The van der Waals surface area contributed by atoms with Gasteiger partial charge in [-0.1, -0.05) is 15.9 Å². The van der Waals surface area contributed by atoms with Gasteiger partial charge >= 0.3 is 0 Å². The predicted molar refractivity (Wildman–Crippen MR) is 106 cm³/mol. The van der Waals surface area contributed by atoms with Crippen molar-refractivity contribution in [2.24, 2.45) is 5.73 Å². The van der Waals surface area contributed by atoms with Crippen LogP contribution < -0.4 is 5.73 Å². The molecule has 11 heteroatoms. The van der Waals surface area contributed by atoms with Crippen molar-refractivity contribution in [3.63, 3.8) is 0 Å². The van der Waals surface area contributed by atoms with Gasteiger partial charge in [-0.15, -0.1) is 0 Å². The molecule has 0 spiro atoms. The summed E-state index contributed by atoms with van der Waals surface area (Å²) in [7, 11) is -3.92. The van der Waals surface area contributed by atoms with Crippen LogP contribution in [0.15, 0.2) is 54.8 Å². The first-order chi connectivity index (χ1) is 13.8. The average Bonchev–Trinajstić information content (AvgIpc) is 3.35. The van der Waals surface area contributed by atoms with Crippen LogP contribution in [0.2, 0.25) is 0 Å². The third-order valence-corrected chi connectivity index (χ3v) is 6.90. The molecule has 0 atom stereocenters. The van der Waals surface area contributed by atoms with Crippen LogP contribution in [0.25, 0.3) is 11.0 Å². The maximum absolute atomic E-state index is 12.7. The van der Waals surface area contributed by atoms with Crippen molar-refractivity contribution < 1.29 is 26.8 Å². The predicted octanol–water partition coefficient (Wildman–Crippen LogP) is 2.03. The lowest BCUT2D eigenvalue weighted by Crippen LogP contribution is -2.50. The lowest BCUT2D eigenvalue weighted by molar-refractivity contribution is 0.0667. The van der Waals surface area contributed by atoms with Gasteiger partial charge in [-0.25, -0.2) is 8.42 Å². The number of nitrogens with two attached hydrogens (primary N) is 1. The smallest absolute Gasteiger partial charge is 0.289 e. The average molecular weight is 482 g/mol. The SMILES string of the molecule is NC(=O)c1ccc(S(=O)(=O)N2CCN(C(=O)c3cc4cc(Br)ccc4o3)CC2)o1. The summed E-state index contributed by atoms with van der Waals surface area (Å²) in [5.41, 5.74) is 5.69. The number of benzene rings is 1. The monoisotopic (exact) mass is 481 g/mol. The van der Waals surface area contributed by atoms with Crippen LogP contribution in [-0.2, 0) is 10.0 Å². The summed E-state index contributed by atoms with van der Waals surface area (Å²) in [5.74, 6) is -1.18. The topological polar surface area (TPSA) is 127 Å². The highest BCUT2D eigenvalue weighted by atomic mass is 79.9. The number of furan rings is 2. The van der Waals surface area contributed by atoms with E-state index in [1.165, 1.54) is 21.3 Å². The summed E-state index contributed by atoms with van der Waals surface area (Å²) in [6.45, 7) is 0.573. The fourth-order valence-corrected chi connectivity index (χ4v) is 4.84. The molecule has 0 saturated carbocycles. The normalized spacial score (nSPS) is 15.7. The zero-order valence-corrected chi connectivity index (χ0v) is 17.4.